The zero-order valence-electron chi connectivity index (χ0n) is 9.38. The fourth-order valence-electron chi connectivity index (χ4n) is 1.54. The quantitative estimate of drug-likeness (QED) is 0.902. The zero-order chi connectivity index (χ0) is 12.3. The molecule has 2 aromatic heterocycles. The summed E-state index contributed by atoms with van der Waals surface area (Å²) in [7, 11) is 0. The first kappa shape index (κ1) is 11.7. The van der Waals surface area contributed by atoms with Gasteiger partial charge in [0.25, 0.3) is 0 Å². The molecule has 1 N–H and O–H groups in total. The van der Waals surface area contributed by atoms with Crippen LogP contribution in [0, 0.1) is 0 Å². The van der Waals surface area contributed by atoms with Gasteiger partial charge in [-0.2, -0.15) is 0 Å². The summed E-state index contributed by atoms with van der Waals surface area (Å²) in [6, 6.07) is 5.67. The number of carbonyl (C=O) groups is 1. The lowest BCUT2D eigenvalue weighted by atomic mass is 10.3. The highest BCUT2D eigenvalue weighted by molar-refractivity contribution is 7.11. The average molecular weight is 248 g/mol. The number of hydrogen-bond acceptors (Lipinski definition) is 4. The molecule has 2 aromatic rings. The Labute approximate surface area is 103 Å². The first-order chi connectivity index (χ1) is 8.20. The molecule has 0 radical (unpaired) electrons. The number of aromatic carboxylic acids is 1. The molecule has 0 bridgehead atoms. The number of thiazole rings is 1. The number of aromatic nitrogens is 2. The van der Waals surface area contributed by atoms with Gasteiger partial charge < -0.3 is 5.11 Å². The average Bonchev–Trinajstić information content (AvgIpc) is 2.73. The van der Waals surface area contributed by atoms with E-state index in [9.17, 15) is 4.79 Å². The van der Waals surface area contributed by atoms with Crippen LogP contribution < -0.4 is 0 Å². The van der Waals surface area contributed by atoms with Gasteiger partial charge in [-0.25, -0.2) is 9.78 Å². The number of carboxylic acid groups (broad SMARTS) is 1. The lowest BCUT2D eigenvalue weighted by Gasteiger charge is -1.94. The molecule has 0 aromatic carbocycles. The maximum absolute atomic E-state index is 11.0. The molecule has 5 heteroatoms. The molecule has 0 fully saturated rings. The molecule has 0 saturated heterocycles. The van der Waals surface area contributed by atoms with Crippen LogP contribution in [0.5, 0.6) is 0 Å². The van der Waals surface area contributed by atoms with Crippen LogP contribution in [0.1, 0.15) is 33.0 Å². The monoisotopic (exact) mass is 248 g/mol. The molecule has 0 spiro atoms. The molecule has 0 unspecified atom stereocenters. The molecular weight excluding hydrogens is 236 g/mol. The molecular formula is C12H12N2O2S. The molecule has 88 valence electrons. The normalized spacial score (nSPS) is 10.4. The van der Waals surface area contributed by atoms with Gasteiger partial charge in [0.15, 0.2) is 5.69 Å². The van der Waals surface area contributed by atoms with Gasteiger partial charge in [-0.3, -0.25) is 4.98 Å². The number of aryl methyl sites for hydroxylation is 1. The van der Waals surface area contributed by atoms with Crippen molar-refractivity contribution >= 4 is 17.3 Å². The van der Waals surface area contributed by atoms with Crippen molar-refractivity contribution in [1.29, 1.82) is 0 Å². The molecule has 0 atom stereocenters. The van der Waals surface area contributed by atoms with Gasteiger partial charge in [0.05, 0.1) is 5.01 Å². The van der Waals surface area contributed by atoms with Crippen molar-refractivity contribution in [2.45, 2.75) is 19.8 Å². The number of carboxylic acids is 1. The van der Waals surface area contributed by atoms with E-state index in [0.29, 0.717) is 12.8 Å². The van der Waals surface area contributed by atoms with Crippen molar-refractivity contribution in [2.24, 2.45) is 0 Å². The van der Waals surface area contributed by atoms with Crippen LogP contribution in [-0.2, 0) is 12.8 Å². The summed E-state index contributed by atoms with van der Waals surface area (Å²) in [6.45, 7) is 1.94. The van der Waals surface area contributed by atoms with Crippen LogP contribution in [0.15, 0.2) is 24.4 Å². The maximum atomic E-state index is 11.0. The fraction of sp³-hybridized carbons (Fsp3) is 0.250. The van der Waals surface area contributed by atoms with Crippen molar-refractivity contribution in [2.75, 3.05) is 0 Å². The Kier molecular flexibility index (Phi) is 3.49. The number of nitrogens with zero attached hydrogens (tertiary/aromatic N) is 2. The highest BCUT2D eigenvalue weighted by Gasteiger charge is 2.16. The molecule has 4 nitrogen and oxygen atoms in total. The van der Waals surface area contributed by atoms with E-state index in [1.807, 2.05) is 25.1 Å². The highest BCUT2D eigenvalue weighted by atomic mass is 32.1. The topological polar surface area (TPSA) is 63.1 Å². The second kappa shape index (κ2) is 5.05. The number of rotatable bonds is 4. The Morgan fingerprint density at radius 3 is 2.82 bits per heavy atom. The van der Waals surface area contributed by atoms with Gasteiger partial charge in [-0.15, -0.1) is 11.3 Å². The second-order valence-electron chi connectivity index (χ2n) is 3.54. The van der Waals surface area contributed by atoms with Crippen molar-refractivity contribution in [1.82, 2.24) is 9.97 Å². The van der Waals surface area contributed by atoms with Gasteiger partial charge in [0, 0.05) is 23.2 Å². The van der Waals surface area contributed by atoms with E-state index in [1.165, 1.54) is 11.3 Å². The molecule has 0 saturated carbocycles. The number of hydrogen-bond donors (Lipinski definition) is 1. The Bertz CT molecular complexity index is 523. The van der Waals surface area contributed by atoms with Crippen LogP contribution >= 0.6 is 11.3 Å². The summed E-state index contributed by atoms with van der Waals surface area (Å²) in [6.07, 6.45) is 3.01. The van der Waals surface area contributed by atoms with Crippen molar-refractivity contribution in [3.8, 4) is 0 Å². The standard InChI is InChI=1S/C12H12N2O2S/c1-2-9-11(12(15)16)14-10(17-9)7-8-5-3-4-6-13-8/h3-6H,2,7H2,1H3,(H,15,16). The summed E-state index contributed by atoms with van der Waals surface area (Å²) in [5, 5.41) is 9.81. The van der Waals surface area contributed by atoms with Gasteiger partial charge in [-0.1, -0.05) is 13.0 Å². The highest BCUT2D eigenvalue weighted by Crippen LogP contribution is 2.21. The Balaban J connectivity index is 2.26. The van der Waals surface area contributed by atoms with Crippen LogP contribution in [-0.4, -0.2) is 21.0 Å². The second-order valence-corrected chi connectivity index (χ2v) is 4.70. The van der Waals surface area contributed by atoms with E-state index in [2.05, 4.69) is 9.97 Å². The third-order valence-electron chi connectivity index (χ3n) is 2.32. The van der Waals surface area contributed by atoms with Crippen LogP contribution in [0.4, 0.5) is 0 Å². The van der Waals surface area contributed by atoms with Crippen LogP contribution in [0.2, 0.25) is 0 Å². The SMILES string of the molecule is CCc1sc(Cc2ccccn2)nc1C(=O)O. The van der Waals surface area contributed by atoms with E-state index >= 15 is 0 Å². The van der Waals surface area contributed by atoms with E-state index in [4.69, 9.17) is 5.11 Å². The fourth-order valence-corrected chi connectivity index (χ4v) is 2.56. The van der Waals surface area contributed by atoms with Crippen molar-refractivity contribution < 1.29 is 9.90 Å². The van der Waals surface area contributed by atoms with Crippen molar-refractivity contribution in [3.63, 3.8) is 0 Å². The van der Waals surface area contributed by atoms with Gasteiger partial charge in [0.1, 0.15) is 0 Å². The molecule has 17 heavy (non-hydrogen) atoms. The van der Waals surface area contributed by atoms with Gasteiger partial charge >= 0.3 is 5.97 Å². The minimum absolute atomic E-state index is 0.184. The minimum Gasteiger partial charge on any atom is -0.476 e. The predicted molar refractivity (Wildman–Crippen MR) is 65.5 cm³/mol. The Morgan fingerprint density at radius 1 is 1.47 bits per heavy atom. The van der Waals surface area contributed by atoms with E-state index in [0.717, 1.165) is 15.6 Å². The van der Waals surface area contributed by atoms with E-state index < -0.39 is 5.97 Å². The van der Waals surface area contributed by atoms with Gasteiger partial charge in [-0.05, 0) is 18.6 Å². The third kappa shape index (κ3) is 2.68. The Morgan fingerprint density at radius 2 is 2.29 bits per heavy atom. The summed E-state index contributed by atoms with van der Waals surface area (Å²) < 4.78 is 0. The van der Waals surface area contributed by atoms with E-state index in [1.54, 1.807) is 6.20 Å². The molecule has 0 amide bonds. The smallest absolute Gasteiger partial charge is 0.355 e. The largest absolute Gasteiger partial charge is 0.476 e. The summed E-state index contributed by atoms with van der Waals surface area (Å²) in [5.41, 5.74) is 1.09. The molecule has 0 aliphatic carbocycles. The summed E-state index contributed by atoms with van der Waals surface area (Å²) in [4.78, 5) is 20.2. The van der Waals surface area contributed by atoms with Gasteiger partial charge in [0.2, 0.25) is 0 Å². The summed E-state index contributed by atoms with van der Waals surface area (Å²) >= 11 is 1.45. The maximum Gasteiger partial charge on any atom is 0.355 e. The lowest BCUT2D eigenvalue weighted by molar-refractivity contribution is 0.0690. The van der Waals surface area contributed by atoms with Crippen molar-refractivity contribution in [3.05, 3.63) is 45.7 Å². The van der Waals surface area contributed by atoms with Crippen LogP contribution in [0.25, 0.3) is 0 Å². The lowest BCUT2D eigenvalue weighted by Crippen LogP contribution is -2.00. The zero-order valence-corrected chi connectivity index (χ0v) is 10.2. The third-order valence-corrected chi connectivity index (χ3v) is 3.52. The molecule has 2 rings (SSSR count). The van der Waals surface area contributed by atoms with E-state index in [-0.39, 0.29) is 5.69 Å². The summed E-state index contributed by atoms with van der Waals surface area (Å²) in [5.74, 6) is -0.953. The number of pyridine rings is 1. The first-order valence-corrected chi connectivity index (χ1v) is 6.14. The Hall–Kier alpha value is -1.75. The predicted octanol–water partition coefficient (Wildman–Crippen LogP) is 2.39. The van der Waals surface area contributed by atoms with Crippen LogP contribution in [0.3, 0.4) is 0 Å². The molecule has 2 heterocycles. The minimum atomic E-state index is -0.953. The molecule has 0 aliphatic rings. The first-order valence-electron chi connectivity index (χ1n) is 5.32. The molecule has 0 aliphatic heterocycles.